The molecule has 7 nitrogen and oxygen atoms in total. The highest BCUT2D eigenvalue weighted by Gasteiger charge is 2.41. The molecule has 0 unspecified atom stereocenters. The first-order chi connectivity index (χ1) is 7.65. The minimum absolute atomic E-state index is 0.263. The van der Waals surface area contributed by atoms with E-state index < -0.39 is 32.2 Å². The zero-order valence-corrected chi connectivity index (χ0v) is 10.7. The van der Waals surface area contributed by atoms with Gasteiger partial charge >= 0.3 is 5.97 Å². The Morgan fingerprint density at radius 3 is 2.29 bits per heavy atom. The van der Waals surface area contributed by atoms with Gasteiger partial charge < -0.3 is 16.2 Å². The van der Waals surface area contributed by atoms with Crippen molar-refractivity contribution >= 4 is 21.7 Å². The molecular formula is C9H18N2O5S. The lowest BCUT2D eigenvalue weighted by atomic mass is 10.2. The van der Waals surface area contributed by atoms with E-state index >= 15 is 0 Å². The zero-order valence-electron chi connectivity index (χ0n) is 9.89. The number of sulfone groups is 1. The Morgan fingerprint density at radius 1 is 1.35 bits per heavy atom. The second kappa shape index (κ2) is 5.97. The summed E-state index contributed by atoms with van der Waals surface area (Å²) in [5.41, 5.74) is 5.16. The molecule has 0 heterocycles. The quantitative estimate of drug-likeness (QED) is 0.527. The lowest BCUT2D eigenvalue weighted by molar-refractivity contribution is -0.139. The van der Waals surface area contributed by atoms with E-state index in [0.29, 0.717) is 0 Å². The molecule has 0 aromatic heterocycles. The van der Waals surface area contributed by atoms with Gasteiger partial charge in [-0.15, -0.1) is 0 Å². The smallest absolute Gasteiger partial charge is 0.324 e. The van der Waals surface area contributed by atoms with Gasteiger partial charge in [-0.3, -0.25) is 9.59 Å². The predicted octanol–water partition coefficient (Wildman–Crippen LogP) is -1.27. The number of carbonyl (C=O) groups is 2. The predicted molar refractivity (Wildman–Crippen MR) is 62.2 cm³/mol. The third-order valence-electron chi connectivity index (χ3n) is 2.36. The molecule has 0 rings (SSSR count). The molecule has 100 valence electrons. The maximum Gasteiger partial charge on any atom is 0.324 e. The van der Waals surface area contributed by atoms with E-state index in [9.17, 15) is 18.0 Å². The van der Waals surface area contributed by atoms with E-state index in [1.807, 2.05) is 0 Å². The standard InChI is InChI=1S/C9H18N2O5S/c1-9(2,8(13)14)17(15,16)6-3-7(12)11-5-4-10/h3-6,10H2,1-2H3,(H,11,12)(H,13,14). The Bertz CT molecular complexity index is 388. The van der Waals surface area contributed by atoms with E-state index in [-0.39, 0.29) is 19.5 Å². The Kier molecular flexibility index (Phi) is 5.56. The summed E-state index contributed by atoms with van der Waals surface area (Å²) >= 11 is 0. The fourth-order valence-electron chi connectivity index (χ4n) is 0.915. The molecule has 0 aliphatic carbocycles. The van der Waals surface area contributed by atoms with Gasteiger partial charge in [0, 0.05) is 19.5 Å². The summed E-state index contributed by atoms with van der Waals surface area (Å²) in [7, 11) is -3.87. The average Bonchev–Trinajstić information content (AvgIpc) is 2.23. The highest BCUT2D eigenvalue weighted by atomic mass is 32.2. The van der Waals surface area contributed by atoms with Crippen LogP contribution >= 0.6 is 0 Å². The molecule has 0 bridgehead atoms. The number of carboxylic acid groups (broad SMARTS) is 1. The summed E-state index contributed by atoms with van der Waals surface area (Å²) in [4.78, 5) is 22.0. The summed E-state index contributed by atoms with van der Waals surface area (Å²) in [6, 6.07) is 0. The van der Waals surface area contributed by atoms with Crippen molar-refractivity contribution in [1.29, 1.82) is 0 Å². The van der Waals surface area contributed by atoms with Crippen LogP contribution in [0.3, 0.4) is 0 Å². The van der Waals surface area contributed by atoms with Crippen molar-refractivity contribution in [2.45, 2.75) is 25.0 Å². The summed E-state index contributed by atoms with van der Waals surface area (Å²) in [6.45, 7) is 2.73. The van der Waals surface area contributed by atoms with Crippen LogP contribution in [0.25, 0.3) is 0 Å². The van der Waals surface area contributed by atoms with Crippen molar-refractivity contribution in [2.75, 3.05) is 18.8 Å². The van der Waals surface area contributed by atoms with Gasteiger partial charge in [-0.05, 0) is 13.8 Å². The van der Waals surface area contributed by atoms with Crippen LogP contribution in [0, 0.1) is 0 Å². The molecule has 0 radical (unpaired) electrons. The highest BCUT2D eigenvalue weighted by molar-refractivity contribution is 7.93. The fourth-order valence-corrected chi connectivity index (χ4v) is 2.15. The fraction of sp³-hybridized carbons (Fsp3) is 0.778. The van der Waals surface area contributed by atoms with Gasteiger partial charge in [0.2, 0.25) is 5.91 Å². The van der Waals surface area contributed by atoms with Crippen LogP contribution in [0.4, 0.5) is 0 Å². The monoisotopic (exact) mass is 266 g/mol. The third kappa shape index (κ3) is 4.31. The average molecular weight is 266 g/mol. The maximum absolute atomic E-state index is 11.7. The molecule has 0 aliphatic heterocycles. The number of hydrogen-bond acceptors (Lipinski definition) is 5. The maximum atomic E-state index is 11.7. The molecule has 0 aromatic rings. The van der Waals surface area contributed by atoms with Crippen molar-refractivity contribution < 1.29 is 23.1 Å². The normalized spacial score (nSPS) is 12.2. The molecular weight excluding hydrogens is 248 g/mol. The van der Waals surface area contributed by atoms with E-state index in [1.54, 1.807) is 0 Å². The lowest BCUT2D eigenvalue weighted by Crippen LogP contribution is -2.43. The van der Waals surface area contributed by atoms with E-state index in [4.69, 9.17) is 10.8 Å². The van der Waals surface area contributed by atoms with Crippen molar-refractivity contribution in [1.82, 2.24) is 5.32 Å². The third-order valence-corrected chi connectivity index (χ3v) is 4.83. The Morgan fingerprint density at radius 2 is 1.88 bits per heavy atom. The van der Waals surface area contributed by atoms with Gasteiger partial charge in [0.25, 0.3) is 0 Å². The zero-order chi connectivity index (χ0) is 13.7. The molecule has 1 amide bonds. The van der Waals surface area contributed by atoms with Crippen LogP contribution in [-0.4, -0.2) is 49.0 Å². The van der Waals surface area contributed by atoms with Crippen LogP contribution in [-0.2, 0) is 19.4 Å². The van der Waals surface area contributed by atoms with E-state index in [1.165, 1.54) is 0 Å². The van der Waals surface area contributed by atoms with Crippen LogP contribution in [0.15, 0.2) is 0 Å². The SMILES string of the molecule is CC(C)(C(=O)O)S(=O)(=O)CCC(=O)NCCN. The molecule has 0 aliphatic rings. The Labute approximate surface area is 100 Å². The molecule has 4 N–H and O–H groups in total. The molecule has 8 heteroatoms. The van der Waals surface area contributed by atoms with Gasteiger partial charge in [-0.25, -0.2) is 8.42 Å². The minimum atomic E-state index is -3.87. The largest absolute Gasteiger partial charge is 0.480 e. The van der Waals surface area contributed by atoms with Gasteiger partial charge in [-0.2, -0.15) is 0 Å². The first-order valence-corrected chi connectivity index (χ1v) is 6.73. The van der Waals surface area contributed by atoms with Crippen molar-refractivity contribution in [3.8, 4) is 0 Å². The first-order valence-electron chi connectivity index (χ1n) is 5.07. The Hall–Kier alpha value is -1.15. The molecule has 0 fully saturated rings. The highest BCUT2D eigenvalue weighted by Crippen LogP contribution is 2.18. The van der Waals surface area contributed by atoms with Crippen molar-refractivity contribution in [3.63, 3.8) is 0 Å². The lowest BCUT2D eigenvalue weighted by Gasteiger charge is -2.19. The second-order valence-electron chi connectivity index (χ2n) is 4.02. The number of rotatable bonds is 7. The molecule has 0 spiro atoms. The van der Waals surface area contributed by atoms with Crippen LogP contribution in [0.1, 0.15) is 20.3 Å². The number of hydrogen-bond donors (Lipinski definition) is 3. The molecule has 0 saturated carbocycles. The van der Waals surface area contributed by atoms with Crippen LogP contribution < -0.4 is 11.1 Å². The van der Waals surface area contributed by atoms with Crippen LogP contribution in [0.5, 0.6) is 0 Å². The number of aliphatic carboxylic acids is 1. The molecule has 0 atom stereocenters. The summed E-state index contributed by atoms with van der Waals surface area (Å²) < 4.78 is 21.5. The topological polar surface area (TPSA) is 127 Å². The first kappa shape index (κ1) is 15.9. The summed E-state index contributed by atoms with van der Waals surface area (Å²) in [5, 5.41) is 11.2. The van der Waals surface area contributed by atoms with E-state index in [2.05, 4.69) is 5.32 Å². The van der Waals surface area contributed by atoms with Crippen LogP contribution in [0.2, 0.25) is 0 Å². The number of nitrogens with two attached hydrogens (primary N) is 1. The van der Waals surface area contributed by atoms with E-state index in [0.717, 1.165) is 13.8 Å². The minimum Gasteiger partial charge on any atom is -0.480 e. The number of carboxylic acids is 1. The molecule has 0 aromatic carbocycles. The van der Waals surface area contributed by atoms with Gasteiger partial charge in [0.15, 0.2) is 14.6 Å². The van der Waals surface area contributed by atoms with Gasteiger partial charge in [0.1, 0.15) is 0 Å². The Balaban J connectivity index is 4.48. The van der Waals surface area contributed by atoms with Gasteiger partial charge in [0.05, 0.1) is 5.75 Å². The summed E-state index contributed by atoms with van der Waals surface area (Å²) in [6.07, 6.45) is -0.265. The second-order valence-corrected chi connectivity index (χ2v) is 6.68. The van der Waals surface area contributed by atoms with Crippen molar-refractivity contribution in [2.24, 2.45) is 5.73 Å². The number of amides is 1. The number of nitrogens with one attached hydrogen (secondary N) is 1. The molecule has 17 heavy (non-hydrogen) atoms. The van der Waals surface area contributed by atoms with Gasteiger partial charge in [-0.1, -0.05) is 0 Å². The van der Waals surface area contributed by atoms with Crippen molar-refractivity contribution in [3.05, 3.63) is 0 Å². The number of carbonyl (C=O) groups excluding carboxylic acids is 1. The summed E-state index contributed by atoms with van der Waals surface area (Å²) in [5.74, 6) is -2.39. The molecule has 0 saturated heterocycles.